The summed E-state index contributed by atoms with van der Waals surface area (Å²) in [6.07, 6.45) is 0.675. The quantitative estimate of drug-likeness (QED) is 0.656. The predicted octanol–water partition coefficient (Wildman–Crippen LogP) is 2.88. The Morgan fingerprint density at radius 2 is 2.04 bits per heavy atom. The van der Waals surface area contributed by atoms with E-state index in [0.717, 1.165) is 11.3 Å². The molecule has 0 fully saturated rings. The second-order valence-corrected chi connectivity index (χ2v) is 5.12. The molecule has 0 unspecified atom stereocenters. The molecule has 6 heteroatoms. The molecule has 1 amide bonds. The third-order valence-electron chi connectivity index (χ3n) is 3.49. The maximum atomic E-state index is 12.1. The van der Waals surface area contributed by atoms with E-state index in [1.807, 2.05) is 24.3 Å². The van der Waals surface area contributed by atoms with E-state index in [-0.39, 0.29) is 11.6 Å². The van der Waals surface area contributed by atoms with E-state index < -0.39 is 4.92 Å². The number of benzene rings is 2. The smallest absolute Gasteiger partial charge is 0.272 e. The fourth-order valence-electron chi connectivity index (χ4n) is 2.25. The summed E-state index contributed by atoms with van der Waals surface area (Å²) < 4.78 is 5.15. The molecule has 1 N–H and O–H groups in total. The van der Waals surface area contributed by atoms with Gasteiger partial charge < -0.3 is 10.1 Å². The van der Waals surface area contributed by atoms with Crippen molar-refractivity contribution in [1.29, 1.82) is 0 Å². The average Bonchev–Trinajstić information content (AvgIpc) is 2.54. The Balaban J connectivity index is 1.94. The molecular weight excluding hydrogens is 296 g/mol. The molecule has 2 aromatic rings. The van der Waals surface area contributed by atoms with Gasteiger partial charge in [-0.2, -0.15) is 0 Å². The molecule has 2 aromatic carbocycles. The van der Waals surface area contributed by atoms with E-state index in [1.54, 1.807) is 14.0 Å². The third kappa shape index (κ3) is 4.29. The standard InChI is InChI=1S/C17H18N2O4/c1-12-10-14(6-7-16(12)19(21)22)17(20)18-9-8-13-4-3-5-15(11-13)23-2/h3-7,10-11H,8-9H2,1-2H3,(H,18,20). The van der Waals surface area contributed by atoms with Gasteiger partial charge in [-0.05, 0) is 43.2 Å². The molecule has 23 heavy (non-hydrogen) atoms. The van der Waals surface area contributed by atoms with Crippen LogP contribution in [0.2, 0.25) is 0 Å². The van der Waals surface area contributed by atoms with Gasteiger partial charge in [-0.3, -0.25) is 14.9 Å². The van der Waals surface area contributed by atoms with Gasteiger partial charge in [0.2, 0.25) is 0 Å². The van der Waals surface area contributed by atoms with Gasteiger partial charge in [-0.25, -0.2) is 0 Å². The van der Waals surface area contributed by atoms with Crippen molar-refractivity contribution in [1.82, 2.24) is 5.32 Å². The van der Waals surface area contributed by atoms with E-state index >= 15 is 0 Å². The number of carbonyl (C=O) groups is 1. The van der Waals surface area contributed by atoms with Crippen molar-refractivity contribution in [2.45, 2.75) is 13.3 Å². The number of nitrogens with one attached hydrogen (secondary N) is 1. The summed E-state index contributed by atoms with van der Waals surface area (Å²) in [5, 5.41) is 13.6. The molecule has 0 aromatic heterocycles. The van der Waals surface area contributed by atoms with Gasteiger partial charge >= 0.3 is 0 Å². The number of amides is 1. The number of nitro groups is 1. The molecule has 0 aliphatic carbocycles. The summed E-state index contributed by atoms with van der Waals surface area (Å²) in [5.41, 5.74) is 1.96. The molecule has 0 heterocycles. The Labute approximate surface area is 134 Å². The van der Waals surface area contributed by atoms with Crippen LogP contribution >= 0.6 is 0 Å². The minimum Gasteiger partial charge on any atom is -0.497 e. The van der Waals surface area contributed by atoms with Gasteiger partial charge in [-0.15, -0.1) is 0 Å². The van der Waals surface area contributed by atoms with Crippen LogP contribution in [0.5, 0.6) is 5.75 Å². The Morgan fingerprint density at radius 1 is 1.26 bits per heavy atom. The molecule has 6 nitrogen and oxygen atoms in total. The molecular formula is C17H18N2O4. The van der Waals surface area contributed by atoms with Gasteiger partial charge in [0.1, 0.15) is 5.75 Å². The summed E-state index contributed by atoms with van der Waals surface area (Å²) in [6.45, 7) is 2.09. The number of hydrogen-bond donors (Lipinski definition) is 1. The molecule has 0 aliphatic rings. The van der Waals surface area contributed by atoms with Gasteiger partial charge in [0.25, 0.3) is 11.6 Å². The lowest BCUT2D eigenvalue weighted by molar-refractivity contribution is -0.385. The number of carbonyl (C=O) groups excluding carboxylic acids is 1. The zero-order chi connectivity index (χ0) is 16.8. The first kappa shape index (κ1) is 16.5. The van der Waals surface area contributed by atoms with Gasteiger partial charge in [0.05, 0.1) is 12.0 Å². The Kier molecular flexibility index (Phi) is 5.30. The normalized spacial score (nSPS) is 10.2. The van der Waals surface area contributed by atoms with Crippen LogP contribution in [0.1, 0.15) is 21.5 Å². The van der Waals surface area contributed by atoms with Crippen LogP contribution in [-0.4, -0.2) is 24.5 Å². The van der Waals surface area contributed by atoms with E-state index in [4.69, 9.17) is 4.74 Å². The van der Waals surface area contributed by atoms with Crippen LogP contribution in [0.3, 0.4) is 0 Å². The van der Waals surface area contributed by atoms with Crippen LogP contribution < -0.4 is 10.1 Å². The number of aryl methyl sites for hydroxylation is 1. The first-order valence-electron chi connectivity index (χ1n) is 7.17. The van der Waals surface area contributed by atoms with Crippen molar-refractivity contribution in [3.05, 3.63) is 69.3 Å². The highest BCUT2D eigenvalue weighted by Gasteiger charge is 2.13. The summed E-state index contributed by atoms with van der Waals surface area (Å²) in [4.78, 5) is 22.4. The minimum absolute atomic E-state index is 0.0120. The van der Waals surface area contributed by atoms with Crippen LogP contribution in [0.25, 0.3) is 0 Å². The van der Waals surface area contributed by atoms with Gasteiger partial charge in [0, 0.05) is 23.7 Å². The number of ether oxygens (including phenoxy) is 1. The largest absolute Gasteiger partial charge is 0.497 e. The van der Waals surface area contributed by atoms with Crippen LogP contribution in [0.4, 0.5) is 5.69 Å². The van der Waals surface area contributed by atoms with E-state index in [9.17, 15) is 14.9 Å². The zero-order valence-electron chi connectivity index (χ0n) is 13.0. The highest BCUT2D eigenvalue weighted by atomic mass is 16.6. The molecule has 0 bridgehead atoms. The maximum absolute atomic E-state index is 12.1. The lowest BCUT2D eigenvalue weighted by atomic mass is 10.1. The van der Waals surface area contributed by atoms with E-state index in [1.165, 1.54) is 18.2 Å². The van der Waals surface area contributed by atoms with Crippen LogP contribution in [-0.2, 0) is 6.42 Å². The van der Waals surface area contributed by atoms with Gasteiger partial charge in [0.15, 0.2) is 0 Å². The lowest BCUT2D eigenvalue weighted by Gasteiger charge is -2.07. The molecule has 0 aliphatic heterocycles. The highest BCUT2D eigenvalue weighted by molar-refractivity contribution is 5.94. The summed E-state index contributed by atoms with van der Waals surface area (Å²) in [7, 11) is 1.61. The topological polar surface area (TPSA) is 81.5 Å². The zero-order valence-corrected chi connectivity index (χ0v) is 13.0. The number of hydrogen-bond acceptors (Lipinski definition) is 4. The van der Waals surface area contributed by atoms with E-state index in [0.29, 0.717) is 24.1 Å². The fraction of sp³-hybridized carbons (Fsp3) is 0.235. The molecule has 120 valence electrons. The predicted molar refractivity (Wildman–Crippen MR) is 86.9 cm³/mol. The Hall–Kier alpha value is -2.89. The highest BCUT2D eigenvalue weighted by Crippen LogP contribution is 2.18. The van der Waals surface area contributed by atoms with Crippen LogP contribution in [0.15, 0.2) is 42.5 Å². The third-order valence-corrected chi connectivity index (χ3v) is 3.49. The molecule has 0 atom stereocenters. The molecule has 0 saturated carbocycles. The van der Waals surface area contributed by atoms with Gasteiger partial charge in [-0.1, -0.05) is 12.1 Å². The maximum Gasteiger partial charge on any atom is 0.272 e. The van der Waals surface area contributed by atoms with Crippen molar-refractivity contribution < 1.29 is 14.5 Å². The SMILES string of the molecule is COc1cccc(CCNC(=O)c2ccc([N+](=O)[O-])c(C)c2)c1. The van der Waals surface area contributed by atoms with Crippen LogP contribution in [0, 0.1) is 17.0 Å². The van der Waals surface area contributed by atoms with Crippen molar-refractivity contribution in [3.63, 3.8) is 0 Å². The summed E-state index contributed by atoms with van der Waals surface area (Å²) in [5.74, 6) is 0.533. The average molecular weight is 314 g/mol. The van der Waals surface area contributed by atoms with Crippen molar-refractivity contribution in [3.8, 4) is 5.75 Å². The molecule has 0 radical (unpaired) electrons. The molecule has 0 saturated heterocycles. The number of nitro benzene ring substituents is 1. The number of nitrogens with zero attached hydrogens (tertiary/aromatic N) is 1. The minimum atomic E-state index is -0.459. The monoisotopic (exact) mass is 314 g/mol. The summed E-state index contributed by atoms with van der Waals surface area (Å²) >= 11 is 0. The Morgan fingerprint density at radius 3 is 2.70 bits per heavy atom. The van der Waals surface area contributed by atoms with E-state index in [2.05, 4.69) is 5.32 Å². The fourth-order valence-corrected chi connectivity index (χ4v) is 2.25. The van der Waals surface area contributed by atoms with Crippen molar-refractivity contribution in [2.75, 3.05) is 13.7 Å². The Bertz CT molecular complexity index is 728. The lowest BCUT2D eigenvalue weighted by Crippen LogP contribution is -2.25. The number of rotatable bonds is 6. The second kappa shape index (κ2) is 7.40. The number of methoxy groups -OCH3 is 1. The molecule has 2 rings (SSSR count). The first-order chi connectivity index (χ1) is 11.0. The van der Waals surface area contributed by atoms with Crippen molar-refractivity contribution >= 4 is 11.6 Å². The first-order valence-corrected chi connectivity index (χ1v) is 7.17. The molecule has 0 spiro atoms. The summed E-state index contributed by atoms with van der Waals surface area (Å²) in [6, 6.07) is 12.0. The van der Waals surface area contributed by atoms with Crippen molar-refractivity contribution in [2.24, 2.45) is 0 Å². The second-order valence-electron chi connectivity index (χ2n) is 5.12.